The third kappa shape index (κ3) is 6.10. The summed E-state index contributed by atoms with van der Waals surface area (Å²) < 4.78 is 15.7. The lowest BCUT2D eigenvalue weighted by Gasteiger charge is -2.14. The molecule has 0 aliphatic carbocycles. The number of methoxy groups -OCH3 is 3. The van der Waals surface area contributed by atoms with Gasteiger partial charge in [-0.2, -0.15) is 0 Å². The van der Waals surface area contributed by atoms with Crippen LogP contribution in [-0.4, -0.2) is 49.7 Å². The number of carbonyl (C=O) groups excluding carboxylic acids is 2. The van der Waals surface area contributed by atoms with E-state index in [1.54, 1.807) is 12.1 Å². The molecule has 0 unspecified atom stereocenters. The van der Waals surface area contributed by atoms with E-state index in [0.29, 0.717) is 28.8 Å². The van der Waals surface area contributed by atoms with Gasteiger partial charge in [0.2, 0.25) is 11.7 Å². The maximum Gasteiger partial charge on any atom is 0.251 e. The zero-order valence-corrected chi connectivity index (χ0v) is 18.8. The predicted molar refractivity (Wildman–Crippen MR) is 124 cm³/mol. The summed E-state index contributed by atoms with van der Waals surface area (Å²) >= 11 is 0. The smallest absolute Gasteiger partial charge is 0.251 e. The predicted octanol–water partition coefficient (Wildman–Crippen LogP) is 2.92. The molecule has 0 saturated heterocycles. The van der Waals surface area contributed by atoms with E-state index in [4.69, 9.17) is 14.2 Å². The molecule has 2 aromatic carbocycles. The summed E-state index contributed by atoms with van der Waals surface area (Å²) in [4.78, 5) is 33.0. The fourth-order valence-corrected chi connectivity index (χ4v) is 2.99. The number of rotatable bonds is 9. The van der Waals surface area contributed by atoms with Gasteiger partial charge in [0.05, 0.1) is 27.9 Å². The van der Waals surface area contributed by atoms with Crippen LogP contribution in [0.4, 0.5) is 17.2 Å². The number of nitrogens with one attached hydrogen (secondary N) is 3. The van der Waals surface area contributed by atoms with Gasteiger partial charge in [0.1, 0.15) is 12.1 Å². The first kappa shape index (κ1) is 23.3. The molecule has 10 heteroatoms. The van der Waals surface area contributed by atoms with Crippen molar-refractivity contribution in [2.24, 2.45) is 0 Å². The maximum atomic E-state index is 12.5. The van der Waals surface area contributed by atoms with Crippen LogP contribution in [0, 0.1) is 6.92 Å². The van der Waals surface area contributed by atoms with Gasteiger partial charge in [-0.1, -0.05) is 0 Å². The van der Waals surface area contributed by atoms with Crippen LogP contribution in [0.15, 0.2) is 48.8 Å². The van der Waals surface area contributed by atoms with Crippen molar-refractivity contribution < 1.29 is 23.8 Å². The Bertz CT molecular complexity index is 1110. The Morgan fingerprint density at radius 1 is 0.879 bits per heavy atom. The van der Waals surface area contributed by atoms with Crippen LogP contribution in [0.5, 0.6) is 17.2 Å². The highest BCUT2D eigenvalue weighted by atomic mass is 16.5. The average molecular weight is 451 g/mol. The third-order valence-corrected chi connectivity index (χ3v) is 4.58. The SMILES string of the molecule is COc1cc(C(=O)NCC(=O)Nc2ccc(Nc3cc(C)ncn3)cc2)cc(OC)c1OC. The summed E-state index contributed by atoms with van der Waals surface area (Å²) in [6.45, 7) is 1.67. The van der Waals surface area contributed by atoms with Gasteiger partial charge in [-0.25, -0.2) is 9.97 Å². The maximum absolute atomic E-state index is 12.5. The lowest BCUT2D eigenvalue weighted by atomic mass is 10.1. The molecular formula is C23H25N5O5. The first-order valence-electron chi connectivity index (χ1n) is 9.97. The van der Waals surface area contributed by atoms with Crippen LogP contribution in [0.1, 0.15) is 16.1 Å². The highest BCUT2D eigenvalue weighted by Crippen LogP contribution is 2.38. The number of carbonyl (C=O) groups is 2. The van der Waals surface area contributed by atoms with Crippen LogP contribution in [0.2, 0.25) is 0 Å². The summed E-state index contributed by atoms with van der Waals surface area (Å²) in [5, 5.41) is 8.47. The molecule has 33 heavy (non-hydrogen) atoms. The van der Waals surface area contributed by atoms with E-state index in [-0.39, 0.29) is 18.0 Å². The number of ether oxygens (including phenoxy) is 3. The van der Waals surface area contributed by atoms with Gasteiger partial charge >= 0.3 is 0 Å². The zero-order valence-electron chi connectivity index (χ0n) is 18.8. The van der Waals surface area contributed by atoms with Crippen molar-refractivity contribution >= 4 is 29.0 Å². The lowest BCUT2D eigenvalue weighted by molar-refractivity contribution is -0.115. The fraction of sp³-hybridized carbons (Fsp3) is 0.217. The molecule has 0 bridgehead atoms. The van der Waals surface area contributed by atoms with Crippen molar-refractivity contribution in [1.82, 2.24) is 15.3 Å². The minimum atomic E-state index is -0.455. The second-order valence-electron chi connectivity index (χ2n) is 6.89. The molecule has 2 amide bonds. The summed E-state index contributed by atoms with van der Waals surface area (Å²) in [7, 11) is 4.40. The van der Waals surface area contributed by atoms with Gasteiger partial charge in [-0.05, 0) is 43.3 Å². The average Bonchev–Trinajstić information content (AvgIpc) is 2.82. The number of hydrogen-bond acceptors (Lipinski definition) is 8. The van der Waals surface area contributed by atoms with Crippen molar-refractivity contribution in [3.63, 3.8) is 0 Å². The first-order valence-corrected chi connectivity index (χ1v) is 9.97. The van der Waals surface area contributed by atoms with Gasteiger partial charge in [0.25, 0.3) is 5.91 Å². The van der Waals surface area contributed by atoms with E-state index < -0.39 is 5.91 Å². The largest absolute Gasteiger partial charge is 0.493 e. The van der Waals surface area contributed by atoms with Crippen LogP contribution < -0.4 is 30.2 Å². The highest BCUT2D eigenvalue weighted by Gasteiger charge is 2.17. The van der Waals surface area contributed by atoms with Crippen LogP contribution in [0.3, 0.4) is 0 Å². The molecule has 0 saturated carbocycles. The number of nitrogens with zero attached hydrogens (tertiary/aromatic N) is 2. The molecule has 0 aliphatic rings. The van der Waals surface area contributed by atoms with Gasteiger partial charge in [-0.15, -0.1) is 0 Å². The number of aryl methyl sites for hydroxylation is 1. The van der Waals surface area contributed by atoms with Gasteiger partial charge in [-0.3, -0.25) is 9.59 Å². The monoisotopic (exact) mass is 451 g/mol. The van der Waals surface area contributed by atoms with Crippen molar-refractivity contribution in [2.75, 3.05) is 38.5 Å². The number of hydrogen-bond donors (Lipinski definition) is 3. The minimum Gasteiger partial charge on any atom is -0.493 e. The molecule has 0 spiro atoms. The van der Waals surface area contributed by atoms with E-state index in [1.165, 1.54) is 39.8 Å². The van der Waals surface area contributed by atoms with Crippen LogP contribution in [-0.2, 0) is 4.79 Å². The number of benzene rings is 2. The fourth-order valence-electron chi connectivity index (χ4n) is 2.99. The Morgan fingerprint density at radius 3 is 2.09 bits per heavy atom. The quantitative estimate of drug-likeness (QED) is 0.454. The lowest BCUT2D eigenvalue weighted by Crippen LogP contribution is -2.32. The molecule has 3 rings (SSSR count). The summed E-state index contributed by atoms with van der Waals surface area (Å²) in [6, 6.07) is 12.0. The van der Waals surface area contributed by atoms with Crippen molar-refractivity contribution in [2.45, 2.75) is 6.92 Å². The van der Waals surface area contributed by atoms with Gasteiger partial charge in [0.15, 0.2) is 11.5 Å². The van der Waals surface area contributed by atoms with E-state index in [1.807, 2.05) is 25.1 Å². The molecule has 1 heterocycles. The zero-order chi connectivity index (χ0) is 23.8. The van der Waals surface area contributed by atoms with Crippen molar-refractivity contribution in [1.29, 1.82) is 0 Å². The third-order valence-electron chi connectivity index (χ3n) is 4.58. The number of anilines is 3. The highest BCUT2D eigenvalue weighted by molar-refractivity contribution is 6.00. The Hall–Kier alpha value is -4.34. The number of aromatic nitrogens is 2. The molecule has 172 valence electrons. The van der Waals surface area contributed by atoms with E-state index in [0.717, 1.165) is 11.4 Å². The Balaban J connectivity index is 1.56. The minimum absolute atomic E-state index is 0.213. The van der Waals surface area contributed by atoms with E-state index in [9.17, 15) is 9.59 Å². The van der Waals surface area contributed by atoms with Crippen LogP contribution >= 0.6 is 0 Å². The Labute approximate surface area is 191 Å². The number of amides is 2. The molecule has 1 aromatic heterocycles. The van der Waals surface area contributed by atoms with Gasteiger partial charge in [0, 0.05) is 28.7 Å². The summed E-state index contributed by atoms with van der Waals surface area (Å²) in [5.74, 6) is 0.914. The molecule has 3 aromatic rings. The summed E-state index contributed by atoms with van der Waals surface area (Å²) in [6.07, 6.45) is 1.48. The standard InChI is InChI=1S/C23H25N5O5/c1-14-9-20(26-13-25-14)27-16-5-7-17(8-6-16)28-21(29)12-24-23(30)15-10-18(31-2)22(33-4)19(11-15)32-3/h5-11,13H,12H2,1-4H3,(H,24,30)(H,28,29)(H,25,26,27). The molecule has 3 N–H and O–H groups in total. The van der Waals surface area contributed by atoms with Crippen molar-refractivity contribution in [3.05, 3.63) is 60.0 Å². The molecule has 0 fully saturated rings. The molecule has 0 aliphatic heterocycles. The Morgan fingerprint density at radius 2 is 1.52 bits per heavy atom. The molecule has 0 atom stereocenters. The Kier molecular flexibility index (Phi) is 7.64. The topological polar surface area (TPSA) is 124 Å². The van der Waals surface area contributed by atoms with E-state index in [2.05, 4.69) is 25.9 Å². The second kappa shape index (κ2) is 10.8. The second-order valence-corrected chi connectivity index (χ2v) is 6.89. The molecule has 10 nitrogen and oxygen atoms in total. The molecule has 0 radical (unpaired) electrons. The van der Waals surface area contributed by atoms with Crippen LogP contribution in [0.25, 0.3) is 0 Å². The van der Waals surface area contributed by atoms with E-state index >= 15 is 0 Å². The first-order chi connectivity index (χ1) is 15.9. The molecular weight excluding hydrogens is 426 g/mol. The van der Waals surface area contributed by atoms with Gasteiger partial charge < -0.3 is 30.2 Å². The van der Waals surface area contributed by atoms with Crippen molar-refractivity contribution in [3.8, 4) is 17.2 Å². The normalized spacial score (nSPS) is 10.2. The summed E-state index contributed by atoms with van der Waals surface area (Å²) in [5.41, 5.74) is 2.52.